The van der Waals surface area contributed by atoms with Crippen LogP contribution in [0.25, 0.3) is 0 Å². The summed E-state index contributed by atoms with van der Waals surface area (Å²) in [6.45, 7) is 0.833. The zero-order valence-electron chi connectivity index (χ0n) is 13.8. The van der Waals surface area contributed by atoms with Crippen molar-refractivity contribution in [2.45, 2.75) is 6.04 Å². The minimum Gasteiger partial charge on any atom is -0.492 e. The number of hydrogen-bond acceptors (Lipinski definition) is 4. The van der Waals surface area contributed by atoms with Crippen molar-refractivity contribution >= 4 is 23.5 Å². The first-order valence-electron chi connectivity index (χ1n) is 7.71. The number of carbonyl (C=O) groups excluding carboxylic acids is 2. The molecule has 132 valence electrons. The monoisotopic (exact) mass is 361 g/mol. The van der Waals surface area contributed by atoms with Crippen molar-refractivity contribution in [1.29, 1.82) is 0 Å². The average Bonchev–Trinajstić information content (AvgIpc) is 2.57. The number of nitrogens with two attached hydrogens (primary N) is 1. The Balaban J connectivity index is 2.01. The van der Waals surface area contributed by atoms with Crippen LogP contribution >= 0.6 is 11.6 Å². The Kier molecular flexibility index (Phi) is 6.80. The zero-order chi connectivity index (χ0) is 18.2. The van der Waals surface area contributed by atoms with Gasteiger partial charge in [0, 0.05) is 11.6 Å². The van der Waals surface area contributed by atoms with Crippen LogP contribution in [0.1, 0.15) is 11.6 Å². The van der Waals surface area contributed by atoms with Crippen molar-refractivity contribution in [3.8, 4) is 5.75 Å². The van der Waals surface area contributed by atoms with E-state index in [1.165, 1.54) is 0 Å². The maximum absolute atomic E-state index is 12.4. The summed E-state index contributed by atoms with van der Waals surface area (Å²) in [5, 5.41) is 2.78. The summed E-state index contributed by atoms with van der Waals surface area (Å²) in [7, 11) is 1.78. The van der Waals surface area contributed by atoms with Gasteiger partial charge in [-0.1, -0.05) is 41.9 Å². The Hall–Kier alpha value is -2.57. The average molecular weight is 362 g/mol. The van der Waals surface area contributed by atoms with Crippen molar-refractivity contribution in [3.05, 3.63) is 65.2 Å². The number of amides is 3. The number of urea groups is 1. The molecular weight excluding hydrogens is 342 g/mol. The highest BCUT2D eigenvalue weighted by Gasteiger charge is 2.25. The maximum Gasteiger partial charge on any atom is 0.318 e. The van der Waals surface area contributed by atoms with Crippen LogP contribution in [0.2, 0.25) is 5.02 Å². The van der Waals surface area contributed by atoms with Crippen molar-refractivity contribution in [2.75, 3.05) is 20.2 Å². The largest absolute Gasteiger partial charge is 0.492 e. The molecule has 0 aliphatic rings. The molecule has 7 heteroatoms. The van der Waals surface area contributed by atoms with Gasteiger partial charge in [-0.15, -0.1) is 0 Å². The molecule has 3 amide bonds. The number of likely N-dealkylation sites (N-methyl/N-ethyl adjacent to an activating group) is 1. The molecule has 0 aliphatic carbocycles. The number of nitrogens with zero attached hydrogens (tertiary/aromatic N) is 1. The lowest BCUT2D eigenvalue weighted by Crippen LogP contribution is -2.44. The van der Waals surface area contributed by atoms with Gasteiger partial charge in [0.2, 0.25) is 5.91 Å². The van der Waals surface area contributed by atoms with Crippen LogP contribution < -0.4 is 15.8 Å². The van der Waals surface area contributed by atoms with E-state index in [2.05, 4.69) is 5.32 Å². The van der Waals surface area contributed by atoms with Crippen molar-refractivity contribution < 1.29 is 14.3 Å². The highest BCUT2D eigenvalue weighted by atomic mass is 35.5. The molecule has 0 bridgehead atoms. The van der Waals surface area contributed by atoms with E-state index >= 15 is 0 Å². The van der Waals surface area contributed by atoms with E-state index in [0.717, 1.165) is 5.56 Å². The SMILES string of the molecule is CN(CCOc1ccc(Cl)cc1)[C@H](C(=O)NC(N)=O)c1ccccc1. The Morgan fingerprint density at radius 1 is 1.16 bits per heavy atom. The standard InChI is InChI=1S/C18H20ClN3O3/c1-22(11-12-25-15-9-7-14(19)8-10-15)16(17(23)21-18(20)24)13-5-3-2-4-6-13/h2-10,16H,11-12H2,1H3,(H3,20,21,23,24)/t16-/m0/s1. The van der Waals surface area contributed by atoms with Gasteiger partial charge < -0.3 is 10.5 Å². The normalized spacial score (nSPS) is 11.8. The minimum atomic E-state index is -0.878. The predicted molar refractivity (Wildman–Crippen MR) is 96.5 cm³/mol. The Morgan fingerprint density at radius 3 is 2.40 bits per heavy atom. The van der Waals surface area contributed by atoms with Gasteiger partial charge in [0.1, 0.15) is 18.4 Å². The molecule has 0 saturated heterocycles. The fraction of sp³-hybridized carbons (Fsp3) is 0.222. The molecule has 1 atom stereocenters. The third kappa shape index (κ3) is 5.77. The molecule has 2 aromatic rings. The van der Waals surface area contributed by atoms with Crippen LogP contribution in [0.4, 0.5) is 4.79 Å². The lowest BCUT2D eigenvalue weighted by atomic mass is 10.0. The molecule has 2 aromatic carbocycles. The van der Waals surface area contributed by atoms with Gasteiger partial charge >= 0.3 is 6.03 Å². The van der Waals surface area contributed by atoms with Gasteiger partial charge in [-0.2, -0.15) is 0 Å². The van der Waals surface area contributed by atoms with Crippen molar-refractivity contribution in [2.24, 2.45) is 5.73 Å². The molecule has 0 aromatic heterocycles. The summed E-state index contributed by atoms with van der Waals surface area (Å²) in [4.78, 5) is 25.2. The summed E-state index contributed by atoms with van der Waals surface area (Å²) in [5.74, 6) is 0.211. The lowest BCUT2D eigenvalue weighted by Gasteiger charge is -2.27. The fourth-order valence-electron chi connectivity index (χ4n) is 2.40. The number of hydrogen-bond donors (Lipinski definition) is 2. The molecule has 25 heavy (non-hydrogen) atoms. The number of nitrogens with one attached hydrogen (secondary N) is 1. The molecule has 0 heterocycles. The van der Waals surface area contributed by atoms with Gasteiger partial charge in [-0.05, 0) is 36.9 Å². The van der Waals surface area contributed by atoms with E-state index in [1.807, 2.05) is 30.3 Å². The minimum absolute atomic E-state index is 0.366. The van der Waals surface area contributed by atoms with Crippen molar-refractivity contribution in [1.82, 2.24) is 10.2 Å². The number of benzene rings is 2. The van der Waals surface area contributed by atoms with Crippen LogP contribution in [-0.2, 0) is 4.79 Å². The molecule has 0 unspecified atom stereocenters. The Bertz CT molecular complexity index is 707. The quantitative estimate of drug-likeness (QED) is 0.793. The van der Waals surface area contributed by atoms with E-state index in [9.17, 15) is 9.59 Å². The molecule has 0 spiro atoms. The first kappa shape index (κ1) is 18.8. The summed E-state index contributed by atoms with van der Waals surface area (Å²) in [6.07, 6.45) is 0. The molecule has 6 nitrogen and oxygen atoms in total. The fourth-order valence-corrected chi connectivity index (χ4v) is 2.52. The van der Waals surface area contributed by atoms with Gasteiger partial charge in [-0.25, -0.2) is 4.79 Å². The molecular formula is C18H20ClN3O3. The second-order valence-electron chi connectivity index (χ2n) is 5.45. The van der Waals surface area contributed by atoms with Crippen molar-refractivity contribution in [3.63, 3.8) is 0 Å². The number of halogens is 1. The molecule has 0 aliphatic heterocycles. The number of ether oxygens (including phenoxy) is 1. The zero-order valence-corrected chi connectivity index (χ0v) is 14.6. The number of carbonyl (C=O) groups is 2. The summed E-state index contributed by atoms with van der Waals surface area (Å²) in [5.41, 5.74) is 5.83. The summed E-state index contributed by atoms with van der Waals surface area (Å²) < 4.78 is 5.65. The second-order valence-corrected chi connectivity index (χ2v) is 5.89. The second kappa shape index (κ2) is 9.05. The van der Waals surface area contributed by atoms with Gasteiger partial charge in [-0.3, -0.25) is 15.0 Å². The van der Waals surface area contributed by atoms with Crippen LogP contribution in [0, 0.1) is 0 Å². The topological polar surface area (TPSA) is 84.7 Å². The molecule has 2 rings (SSSR count). The van der Waals surface area contributed by atoms with E-state index < -0.39 is 18.0 Å². The van der Waals surface area contributed by atoms with E-state index in [4.69, 9.17) is 22.1 Å². The van der Waals surface area contributed by atoms with E-state index in [1.54, 1.807) is 36.2 Å². The van der Waals surface area contributed by atoms with Gasteiger partial charge in [0.25, 0.3) is 0 Å². The Morgan fingerprint density at radius 2 is 1.80 bits per heavy atom. The smallest absolute Gasteiger partial charge is 0.318 e. The Labute approximate surface area is 151 Å². The maximum atomic E-state index is 12.4. The van der Waals surface area contributed by atoms with E-state index in [0.29, 0.717) is 23.9 Å². The number of primary amides is 1. The summed E-state index contributed by atoms with van der Waals surface area (Å²) in [6, 6.07) is 14.7. The lowest BCUT2D eigenvalue weighted by molar-refractivity contribution is -0.125. The van der Waals surface area contributed by atoms with Crippen LogP contribution in [0.5, 0.6) is 5.75 Å². The van der Waals surface area contributed by atoms with Gasteiger partial charge in [0.15, 0.2) is 0 Å². The molecule has 3 N–H and O–H groups in total. The predicted octanol–water partition coefficient (Wildman–Crippen LogP) is 2.59. The van der Waals surface area contributed by atoms with Crippen LogP contribution in [0.3, 0.4) is 0 Å². The number of imide groups is 1. The van der Waals surface area contributed by atoms with Crippen LogP contribution in [0.15, 0.2) is 54.6 Å². The first-order chi connectivity index (χ1) is 12.0. The molecule has 0 saturated carbocycles. The van der Waals surface area contributed by atoms with Gasteiger partial charge in [0.05, 0.1) is 0 Å². The van der Waals surface area contributed by atoms with Crippen LogP contribution in [-0.4, -0.2) is 37.0 Å². The highest BCUT2D eigenvalue weighted by molar-refractivity contribution is 6.30. The van der Waals surface area contributed by atoms with E-state index in [-0.39, 0.29) is 0 Å². The molecule has 0 radical (unpaired) electrons. The third-order valence-electron chi connectivity index (χ3n) is 3.58. The summed E-state index contributed by atoms with van der Waals surface area (Å²) >= 11 is 5.84. The first-order valence-corrected chi connectivity index (χ1v) is 8.09. The molecule has 0 fully saturated rings. The highest BCUT2D eigenvalue weighted by Crippen LogP contribution is 2.20. The number of rotatable bonds is 7. The third-order valence-corrected chi connectivity index (χ3v) is 3.83.